The van der Waals surface area contributed by atoms with E-state index in [2.05, 4.69) is 10.3 Å². The van der Waals surface area contributed by atoms with Gasteiger partial charge in [0.2, 0.25) is 10.0 Å². The fourth-order valence-corrected chi connectivity index (χ4v) is 4.17. The Labute approximate surface area is 140 Å². The smallest absolute Gasteiger partial charge is 0.354 e. The van der Waals surface area contributed by atoms with Gasteiger partial charge in [0.05, 0.1) is 4.90 Å². The summed E-state index contributed by atoms with van der Waals surface area (Å²) in [7, 11) is -3.51. The standard InChI is InChI=1S/C16H17N3O4S/c20-16(21)14-7-4-8-15(18-14)17-12-9-10-19(11-12)24(22,23)13-5-2-1-3-6-13/h1-8,12H,9-11H2,(H,17,18)(H,20,21)/t12-/m0/s1. The van der Waals surface area contributed by atoms with Crippen LogP contribution < -0.4 is 5.32 Å². The first-order valence-corrected chi connectivity index (χ1v) is 8.93. The molecule has 0 aliphatic carbocycles. The third-order valence-electron chi connectivity index (χ3n) is 3.85. The topological polar surface area (TPSA) is 99.6 Å². The minimum absolute atomic E-state index is 0.0493. The van der Waals surface area contributed by atoms with Crippen molar-refractivity contribution in [2.75, 3.05) is 18.4 Å². The summed E-state index contributed by atoms with van der Waals surface area (Å²) in [5.74, 6) is -0.669. The molecule has 8 heteroatoms. The van der Waals surface area contributed by atoms with E-state index < -0.39 is 16.0 Å². The number of anilines is 1. The molecule has 1 fully saturated rings. The number of nitrogens with zero attached hydrogens (tertiary/aromatic N) is 2. The molecular formula is C16H17N3O4S. The number of sulfonamides is 1. The highest BCUT2D eigenvalue weighted by molar-refractivity contribution is 7.89. The summed E-state index contributed by atoms with van der Waals surface area (Å²) < 4.78 is 26.6. The number of pyridine rings is 1. The summed E-state index contributed by atoms with van der Waals surface area (Å²) in [5, 5.41) is 12.1. The highest BCUT2D eigenvalue weighted by atomic mass is 32.2. The van der Waals surface area contributed by atoms with Crippen molar-refractivity contribution < 1.29 is 18.3 Å². The van der Waals surface area contributed by atoms with E-state index in [0.717, 1.165) is 0 Å². The molecule has 1 aromatic carbocycles. The van der Waals surface area contributed by atoms with E-state index in [1.807, 2.05) is 0 Å². The van der Waals surface area contributed by atoms with Crippen LogP contribution in [-0.4, -0.2) is 47.9 Å². The van der Waals surface area contributed by atoms with Crippen LogP contribution >= 0.6 is 0 Å². The molecule has 2 N–H and O–H groups in total. The fraction of sp³-hybridized carbons (Fsp3) is 0.250. The molecule has 1 aliphatic rings. The molecule has 1 saturated heterocycles. The van der Waals surface area contributed by atoms with E-state index in [-0.39, 0.29) is 16.6 Å². The van der Waals surface area contributed by atoms with Gasteiger partial charge in [-0.25, -0.2) is 18.2 Å². The van der Waals surface area contributed by atoms with Crippen molar-refractivity contribution in [3.8, 4) is 0 Å². The predicted molar refractivity (Wildman–Crippen MR) is 88.4 cm³/mol. The Kier molecular flexibility index (Phi) is 4.50. The second-order valence-electron chi connectivity index (χ2n) is 5.52. The third kappa shape index (κ3) is 3.39. The number of aromatic nitrogens is 1. The Balaban J connectivity index is 1.70. The van der Waals surface area contributed by atoms with Crippen LogP contribution in [-0.2, 0) is 10.0 Å². The summed E-state index contributed by atoms with van der Waals surface area (Å²) in [6.45, 7) is 0.726. The van der Waals surface area contributed by atoms with Gasteiger partial charge in [-0.15, -0.1) is 0 Å². The lowest BCUT2D eigenvalue weighted by Crippen LogP contribution is -2.31. The Morgan fingerprint density at radius 3 is 2.62 bits per heavy atom. The normalized spacial score (nSPS) is 18.4. The van der Waals surface area contributed by atoms with Crippen LogP contribution in [0, 0.1) is 0 Å². The van der Waals surface area contributed by atoms with Crippen molar-refractivity contribution in [1.29, 1.82) is 0 Å². The van der Waals surface area contributed by atoms with Crippen molar-refractivity contribution in [3.63, 3.8) is 0 Å². The van der Waals surface area contributed by atoms with Crippen molar-refractivity contribution in [2.24, 2.45) is 0 Å². The number of hydrogen-bond donors (Lipinski definition) is 2. The molecule has 126 valence electrons. The molecule has 0 unspecified atom stereocenters. The van der Waals surface area contributed by atoms with E-state index in [4.69, 9.17) is 5.11 Å². The van der Waals surface area contributed by atoms with E-state index in [1.54, 1.807) is 42.5 Å². The first-order chi connectivity index (χ1) is 11.5. The molecule has 1 aromatic heterocycles. The van der Waals surface area contributed by atoms with E-state index in [1.165, 1.54) is 10.4 Å². The molecule has 0 saturated carbocycles. The van der Waals surface area contributed by atoms with Gasteiger partial charge in [-0.05, 0) is 30.7 Å². The summed E-state index contributed by atoms with van der Waals surface area (Å²) in [5.41, 5.74) is -0.0493. The summed E-state index contributed by atoms with van der Waals surface area (Å²) in [4.78, 5) is 15.2. The number of carboxylic acid groups (broad SMARTS) is 1. The maximum Gasteiger partial charge on any atom is 0.354 e. The molecule has 1 aliphatic heterocycles. The van der Waals surface area contributed by atoms with Gasteiger partial charge < -0.3 is 10.4 Å². The molecule has 0 radical (unpaired) electrons. The van der Waals surface area contributed by atoms with Gasteiger partial charge in [-0.1, -0.05) is 24.3 Å². The highest BCUT2D eigenvalue weighted by Gasteiger charge is 2.32. The second kappa shape index (κ2) is 6.58. The van der Waals surface area contributed by atoms with Crippen LogP contribution in [0.25, 0.3) is 0 Å². The minimum atomic E-state index is -3.51. The van der Waals surface area contributed by atoms with Crippen LogP contribution in [0.5, 0.6) is 0 Å². The Morgan fingerprint density at radius 2 is 1.92 bits per heavy atom. The average molecular weight is 347 g/mol. The molecule has 0 bridgehead atoms. The number of aromatic carboxylic acids is 1. The SMILES string of the molecule is O=C(O)c1cccc(N[C@H]2CCN(S(=O)(=O)c3ccccc3)C2)n1. The Hall–Kier alpha value is -2.45. The summed E-state index contributed by atoms with van der Waals surface area (Å²) >= 11 is 0. The lowest BCUT2D eigenvalue weighted by Gasteiger charge is -2.17. The van der Waals surface area contributed by atoms with E-state index >= 15 is 0 Å². The number of rotatable bonds is 5. The molecular weight excluding hydrogens is 330 g/mol. The van der Waals surface area contributed by atoms with Gasteiger partial charge in [0.25, 0.3) is 0 Å². The van der Waals surface area contributed by atoms with Gasteiger partial charge in [0.15, 0.2) is 5.69 Å². The van der Waals surface area contributed by atoms with Gasteiger partial charge >= 0.3 is 5.97 Å². The highest BCUT2D eigenvalue weighted by Crippen LogP contribution is 2.22. The molecule has 1 atom stereocenters. The number of nitrogens with one attached hydrogen (secondary N) is 1. The van der Waals surface area contributed by atoms with Crippen LogP contribution in [0.15, 0.2) is 53.4 Å². The van der Waals surface area contributed by atoms with E-state index in [9.17, 15) is 13.2 Å². The van der Waals surface area contributed by atoms with Crippen molar-refractivity contribution >= 4 is 21.8 Å². The lowest BCUT2D eigenvalue weighted by molar-refractivity contribution is 0.0690. The Bertz CT molecular complexity index is 839. The average Bonchev–Trinajstić information content (AvgIpc) is 3.05. The maximum atomic E-state index is 12.6. The van der Waals surface area contributed by atoms with Crippen LogP contribution in [0.3, 0.4) is 0 Å². The van der Waals surface area contributed by atoms with Crippen LogP contribution in [0.1, 0.15) is 16.9 Å². The number of carboxylic acids is 1. The molecule has 3 rings (SSSR count). The monoisotopic (exact) mass is 347 g/mol. The molecule has 7 nitrogen and oxygen atoms in total. The van der Waals surface area contributed by atoms with Gasteiger partial charge in [-0.2, -0.15) is 4.31 Å². The molecule has 2 heterocycles. The van der Waals surface area contributed by atoms with E-state index in [0.29, 0.717) is 25.3 Å². The minimum Gasteiger partial charge on any atom is -0.477 e. The van der Waals surface area contributed by atoms with Gasteiger partial charge in [-0.3, -0.25) is 0 Å². The molecule has 0 spiro atoms. The molecule has 2 aromatic rings. The summed E-state index contributed by atoms with van der Waals surface area (Å²) in [6, 6.07) is 12.9. The van der Waals surface area contributed by atoms with Crippen LogP contribution in [0.2, 0.25) is 0 Å². The van der Waals surface area contributed by atoms with Gasteiger partial charge in [0.1, 0.15) is 5.82 Å². The fourth-order valence-electron chi connectivity index (χ4n) is 2.65. The number of hydrogen-bond acceptors (Lipinski definition) is 5. The first kappa shape index (κ1) is 16.4. The first-order valence-electron chi connectivity index (χ1n) is 7.49. The zero-order chi connectivity index (χ0) is 17.2. The van der Waals surface area contributed by atoms with Crippen molar-refractivity contribution in [1.82, 2.24) is 9.29 Å². The molecule has 0 amide bonds. The lowest BCUT2D eigenvalue weighted by atomic mass is 10.2. The number of benzene rings is 1. The molecule has 24 heavy (non-hydrogen) atoms. The van der Waals surface area contributed by atoms with Crippen molar-refractivity contribution in [3.05, 3.63) is 54.2 Å². The second-order valence-corrected chi connectivity index (χ2v) is 7.46. The quantitative estimate of drug-likeness (QED) is 0.853. The largest absolute Gasteiger partial charge is 0.477 e. The summed E-state index contributed by atoms with van der Waals surface area (Å²) in [6.07, 6.45) is 0.630. The van der Waals surface area contributed by atoms with Crippen molar-refractivity contribution in [2.45, 2.75) is 17.4 Å². The van der Waals surface area contributed by atoms with Crippen LogP contribution in [0.4, 0.5) is 5.82 Å². The Morgan fingerprint density at radius 1 is 1.17 bits per heavy atom. The maximum absolute atomic E-state index is 12.6. The zero-order valence-electron chi connectivity index (χ0n) is 12.8. The predicted octanol–water partition coefficient (Wildman–Crippen LogP) is 1.65. The third-order valence-corrected chi connectivity index (χ3v) is 5.73. The zero-order valence-corrected chi connectivity index (χ0v) is 13.6. The number of carbonyl (C=O) groups is 1. The van der Waals surface area contributed by atoms with Gasteiger partial charge in [0, 0.05) is 19.1 Å².